The first-order valence-corrected chi connectivity index (χ1v) is 11.5. The number of nitrogens with zero attached hydrogens (tertiary/aromatic N) is 1. The molecule has 0 radical (unpaired) electrons. The van der Waals surface area contributed by atoms with Crippen LogP contribution in [0.3, 0.4) is 0 Å². The van der Waals surface area contributed by atoms with Gasteiger partial charge in [-0.05, 0) is 25.2 Å². The van der Waals surface area contributed by atoms with E-state index in [0.717, 1.165) is 25.0 Å². The average molecular weight is 354 g/mol. The van der Waals surface area contributed by atoms with Gasteiger partial charge in [0.05, 0.1) is 12.4 Å². The van der Waals surface area contributed by atoms with Crippen molar-refractivity contribution < 1.29 is 13.5 Å². The van der Waals surface area contributed by atoms with E-state index in [9.17, 15) is 13.5 Å². The van der Waals surface area contributed by atoms with E-state index in [4.69, 9.17) is 0 Å². The van der Waals surface area contributed by atoms with Gasteiger partial charge in [0, 0.05) is 34.6 Å². The molecule has 0 aromatic heterocycles. The molecule has 2 aliphatic heterocycles. The lowest BCUT2D eigenvalue weighted by Gasteiger charge is -2.37. The molecular weight excluding hydrogens is 326 g/mol. The third-order valence-corrected chi connectivity index (χ3v) is 9.34. The van der Waals surface area contributed by atoms with Gasteiger partial charge in [0.1, 0.15) is 0 Å². The van der Waals surface area contributed by atoms with Crippen molar-refractivity contribution in [3.05, 3.63) is 0 Å². The number of hydrogen-bond donors (Lipinski definition) is 1. The number of hydrogen-bond acceptors (Lipinski definition) is 5. The molecule has 2 rings (SSSR count). The summed E-state index contributed by atoms with van der Waals surface area (Å²) in [5, 5.41) is 12.0. The molecule has 2 fully saturated rings. The van der Waals surface area contributed by atoms with Crippen molar-refractivity contribution in [2.75, 3.05) is 25.1 Å². The molecule has 2 aliphatic rings. The zero-order valence-electron chi connectivity index (χ0n) is 13.1. The van der Waals surface area contributed by atoms with Crippen molar-refractivity contribution in [3.8, 4) is 0 Å². The van der Waals surface area contributed by atoms with Crippen molar-refractivity contribution in [1.29, 1.82) is 0 Å². The molecule has 0 aromatic rings. The highest BCUT2D eigenvalue weighted by Crippen LogP contribution is 2.38. The Morgan fingerprint density at radius 3 is 2.67 bits per heavy atom. The minimum absolute atomic E-state index is 0.287. The van der Waals surface area contributed by atoms with E-state index in [1.54, 1.807) is 4.31 Å². The molecular formula is C14H27NO3S3. The van der Waals surface area contributed by atoms with Gasteiger partial charge in [0.2, 0.25) is 10.0 Å². The van der Waals surface area contributed by atoms with E-state index in [0.29, 0.717) is 29.5 Å². The second-order valence-electron chi connectivity index (χ2n) is 6.35. The predicted octanol–water partition coefficient (Wildman–Crippen LogP) is 2.03. The maximum absolute atomic E-state index is 11.7. The van der Waals surface area contributed by atoms with Crippen LogP contribution in [0.25, 0.3) is 0 Å². The predicted molar refractivity (Wildman–Crippen MR) is 92.5 cm³/mol. The molecule has 0 bridgehead atoms. The van der Waals surface area contributed by atoms with E-state index in [-0.39, 0.29) is 11.4 Å². The Kier molecular flexibility index (Phi) is 6.34. The van der Waals surface area contributed by atoms with Crippen LogP contribution >= 0.6 is 23.5 Å². The molecule has 2 heterocycles. The average Bonchev–Trinajstić information content (AvgIpc) is 2.41. The van der Waals surface area contributed by atoms with Gasteiger partial charge in [-0.2, -0.15) is 23.5 Å². The normalized spacial score (nSPS) is 37.3. The van der Waals surface area contributed by atoms with Crippen LogP contribution in [0.15, 0.2) is 0 Å². The first kappa shape index (κ1) is 17.9. The van der Waals surface area contributed by atoms with Crippen LogP contribution in [-0.4, -0.2) is 64.8 Å². The van der Waals surface area contributed by atoms with Gasteiger partial charge in [0.15, 0.2) is 0 Å². The summed E-state index contributed by atoms with van der Waals surface area (Å²) in [6, 6.07) is 0. The van der Waals surface area contributed by atoms with Crippen molar-refractivity contribution in [3.63, 3.8) is 0 Å². The van der Waals surface area contributed by atoms with E-state index in [1.807, 2.05) is 23.5 Å². The number of sulfonamides is 1. The summed E-state index contributed by atoms with van der Waals surface area (Å²) in [4.78, 5) is 0. The number of piperidine rings is 1. The molecule has 5 atom stereocenters. The van der Waals surface area contributed by atoms with Crippen LogP contribution < -0.4 is 0 Å². The summed E-state index contributed by atoms with van der Waals surface area (Å²) in [5.41, 5.74) is 0. The molecule has 0 aromatic carbocycles. The van der Waals surface area contributed by atoms with Gasteiger partial charge >= 0.3 is 0 Å². The zero-order valence-corrected chi connectivity index (χ0v) is 15.5. The highest BCUT2D eigenvalue weighted by atomic mass is 32.2. The topological polar surface area (TPSA) is 57.6 Å². The molecule has 0 spiro atoms. The minimum Gasteiger partial charge on any atom is -0.392 e. The summed E-state index contributed by atoms with van der Waals surface area (Å²) >= 11 is 3.84. The molecule has 21 heavy (non-hydrogen) atoms. The number of rotatable bonds is 4. The maximum atomic E-state index is 11.7. The monoisotopic (exact) mass is 353 g/mol. The minimum atomic E-state index is -3.09. The zero-order chi connectivity index (χ0) is 15.6. The fourth-order valence-corrected chi connectivity index (χ4v) is 7.00. The molecule has 2 saturated heterocycles. The Morgan fingerprint density at radius 2 is 2.05 bits per heavy atom. The van der Waals surface area contributed by atoms with Crippen LogP contribution in [0.1, 0.15) is 33.1 Å². The molecule has 1 N–H and O–H groups in total. The van der Waals surface area contributed by atoms with E-state index < -0.39 is 10.0 Å². The second kappa shape index (κ2) is 7.43. The smallest absolute Gasteiger partial charge is 0.211 e. The highest BCUT2D eigenvalue weighted by Gasteiger charge is 2.33. The van der Waals surface area contributed by atoms with Gasteiger partial charge < -0.3 is 5.11 Å². The first-order chi connectivity index (χ1) is 9.77. The van der Waals surface area contributed by atoms with E-state index in [1.165, 1.54) is 6.26 Å². The highest BCUT2D eigenvalue weighted by molar-refractivity contribution is 8.07. The lowest BCUT2D eigenvalue weighted by Crippen LogP contribution is -2.42. The standard InChI is InChI=1S/C14H27NO3S3/c1-10-11(2)20-14(9-19-10)13(16)7-12-5-4-6-15(8-12)21(3,17)18/h10-14,16H,4-9H2,1-3H3. The first-order valence-electron chi connectivity index (χ1n) is 7.67. The van der Waals surface area contributed by atoms with Crippen LogP contribution in [0.2, 0.25) is 0 Å². The third kappa shape index (κ3) is 5.03. The summed E-state index contributed by atoms with van der Waals surface area (Å²) in [6.45, 7) is 5.68. The fourth-order valence-electron chi connectivity index (χ4n) is 3.02. The van der Waals surface area contributed by atoms with Crippen LogP contribution in [0.4, 0.5) is 0 Å². The molecule has 0 amide bonds. The summed E-state index contributed by atoms with van der Waals surface area (Å²) in [7, 11) is -3.09. The van der Waals surface area contributed by atoms with Crippen molar-refractivity contribution in [2.45, 2.75) is 55.0 Å². The number of thioether (sulfide) groups is 2. The van der Waals surface area contributed by atoms with Crippen molar-refractivity contribution in [1.82, 2.24) is 4.31 Å². The lowest BCUT2D eigenvalue weighted by molar-refractivity contribution is 0.123. The summed E-state index contributed by atoms with van der Waals surface area (Å²) in [6.07, 6.45) is 3.62. The Morgan fingerprint density at radius 1 is 1.33 bits per heavy atom. The summed E-state index contributed by atoms with van der Waals surface area (Å²) in [5.74, 6) is 1.29. The Labute approximate surface area is 137 Å². The molecule has 124 valence electrons. The van der Waals surface area contributed by atoms with Gasteiger partial charge in [-0.25, -0.2) is 12.7 Å². The maximum Gasteiger partial charge on any atom is 0.211 e. The second-order valence-corrected chi connectivity index (χ2v) is 11.4. The van der Waals surface area contributed by atoms with Crippen molar-refractivity contribution >= 4 is 33.5 Å². The van der Waals surface area contributed by atoms with Gasteiger partial charge in [0.25, 0.3) is 0 Å². The largest absolute Gasteiger partial charge is 0.392 e. The van der Waals surface area contributed by atoms with E-state index >= 15 is 0 Å². The Balaban J connectivity index is 1.86. The Bertz CT molecular complexity index is 443. The van der Waals surface area contributed by atoms with Crippen LogP contribution in [-0.2, 0) is 10.0 Å². The molecule has 4 nitrogen and oxygen atoms in total. The van der Waals surface area contributed by atoms with Crippen LogP contribution in [0.5, 0.6) is 0 Å². The fraction of sp³-hybridized carbons (Fsp3) is 1.00. The number of aliphatic hydroxyl groups is 1. The third-order valence-electron chi connectivity index (χ3n) is 4.53. The van der Waals surface area contributed by atoms with Gasteiger partial charge in [-0.1, -0.05) is 13.8 Å². The van der Waals surface area contributed by atoms with Crippen molar-refractivity contribution in [2.24, 2.45) is 5.92 Å². The van der Waals surface area contributed by atoms with E-state index in [2.05, 4.69) is 13.8 Å². The molecule has 7 heteroatoms. The number of aliphatic hydroxyl groups excluding tert-OH is 1. The Hall–Kier alpha value is 0.570. The molecule has 0 aliphatic carbocycles. The molecule has 0 saturated carbocycles. The van der Waals surface area contributed by atoms with Gasteiger partial charge in [-0.15, -0.1) is 0 Å². The lowest BCUT2D eigenvalue weighted by atomic mass is 9.92. The molecule has 5 unspecified atom stereocenters. The van der Waals surface area contributed by atoms with Gasteiger partial charge in [-0.3, -0.25) is 0 Å². The van der Waals surface area contributed by atoms with Crippen LogP contribution in [0, 0.1) is 5.92 Å². The SMILES string of the molecule is CC1SCC(C(O)CC2CCCN(S(C)(=O)=O)C2)SC1C. The summed E-state index contributed by atoms with van der Waals surface area (Å²) < 4.78 is 24.9. The quantitative estimate of drug-likeness (QED) is 0.838.